The van der Waals surface area contributed by atoms with Crippen LogP contribution in [0.25, 0.3) is 0 Å². The third kappa shape index (κ3) is 1.27. The normalized spacial score (nSPS) is 9.00. The topological polar surface area (TPSA) is 30.0 Å². The Balaban J connectivity index is 3.15. The zero-order valence-corrected chi connectivity index (χ0v) is 5.22. The number of hydrogen-bond donors (Lipinski definition) is 0. The molecular formula is C6H3ClNO. The molecule has 0 saturated carbocycles. The van der Waals surface area contributed by atoms with E-state index in [-0.39, 0.29) is 5.15 Å². The van der Waals surface area contributed by atoms with E-state index in [2.05, 4.69) is 4.98 Å². The van der Waals surface area contributed by atoms with E-state index in [9.17, 15) is 4.79 Å². The van der Waals surface area contributed by atoms with E-state index in [1.807, 2.05) is 0 Å². The van der Waals surface area contributed by atoms with Crippen LogP contribution in [-0.4, -0.2) is 11.3 Å². The molecule has 1 aromatic rings. The smallest absolute Gasteiger partial charge is 0.236 e. The van der Waals surface area contributed by atoms with Crippen molar-refractivity contribution >= 4 is 17.9 Å². The van der Waals surface area contributed by atoms with Gasteiger partial charge in [0.25, 0.3) is 0 Å². The Morgan fingerprint density at radius 3 is 2.89 bits per heavy atom. The lowest BCUT2D eigenvalue weighted by molar-refractivity contribution is 0.562. The summed E-state index contributed by atoms with van der Waals surface area (Å²) in [6.45, 7) is 0. The van der Waals surface area contributed by atoms with Crippen molar-refractivity contribution in [2.24, 2.45) is 0 Å². The minimum absolute atomic E-state index is 0.201. The maximum atomic E-state index is 9.98. The van der Waals surface area contributed by atoms with Crippen LogP contribution in [0, 0.1) is 0 Å². The van der Waals surface area contributed by atoms with Crippen molar-refractivity contribution in [3.8, 4) is 0 Å². The van der Waals surface area contributed by atoms with E-state index >= 15 is 0 Å². The monoisotopic (exact) mass is 140 g/mol. The van der Waals surface area contributed by atoms with Crippen molar-refractivity contribution in [3.63, 3.8) is 0 Å². The molecule has 1 aromatic heterocycles. The van der Waals surface area contributed by atoms with Crippen LogP contribution in [0.2, 0.25) is 5.15 Å². The molecule has 0 saturated heterocycles. The van der Waals surface area contributed by atoms with Gasteiger partial charge in [0.1, 0.15) is 5.15 Å². The van der Waals surface area contributed by atoms with Gasteiger partial charge in [-0.2, -0.15) is 0 Å². The second kappa shape index (κ2) is 2.60. The first-order valence-corrected chi connectivity index (χ1v) is 2.71. The number of pyridine rings is 1. The Labute approximate surface area is 57.5 Å². The number of nitrogens with zero attached hydrogens (tertiary/aromatic N) is 1. The first-order valence-electron chi connectivity index (χ1n) is 2.33. The van der Waals surface area contributed by atoms with Crippen LogP contribution < -0.4 is 0 Å². The summed E-state index contributed by atoms with van der Waals surface area (Å²) in [6, 6.07) is 3.19. The van der Waals surface area contributed by atoms with Crippen LogP contribution in [0.4, 0.5) is 0 Å². The van der Waals surface area contributed by atoms with Gasteiger partial charge < -0.3 is 0 Å². The van der Waals surface area contributed by atoms with Gasteiger partial charge in [0.2, 0.25) is 6.29 Å². The Kier molecular flexibility index (Phi) is 1.80. The van der Waals surface area contributed by atoms with Gasteiger partial charge in [-0.15, -0.1) is 0 Å². The van der Waals surface area contributed by atoms with E-state index in [4.69, 9.17) is 11.6 Å². The van der Waals surface area contributed by atoms with Crippen LogP contribution in [0.1, 0.15) is 5.56 Å². The SMILES string of the molecule is O=[C]c1cccnc1Cl. The molecule has 0 aromatic carbocycles. The fourth-order valence-corrected chi connectivity index (χ4v) is 0.620. The number of hydrogen-bond acceptors (Lipinski definition) is 2. The predicted octanol–water partition coefficient (Wildman–Crippen LogP) is 1.19. The number of carbonyl (C=O) groups excluding carboxylic acids is 1. The van der Waals surface area contributed by atoms with Crippen LogP contribution in [0.15, 0.2) is 18.3 Å². The van der Waals surface area contributed by atoms with Gasteiger partial charge in [0, 0.05) is 6.20 Å². The van der Waals surface area contributed by atoms with E-state index in [1.54, 1.807) is 18.4 Å². The molecule has 1 radical (unpaired) electrons. The second-order valence-electron chi connectivity index (χ2n) is 1.44. The first kappa shape index (κ1) is 6.23. The Morgan fingerprint density at radius 1 is 1.67 bits per heavy atom. The van der Waals surface area contributed by atoms with Crippen molar-refractivity contribution in [2.45, 2.75) is 0 Å². The maximum absolute atomic E-state index is 9.98. The van der Waals surface area contributed by atoms with Gasteiger partial charge in [-0.1, -0.05) is 11.6 Å². The van der Waals surface area contributed by atoms with E-state index in [1.165, 1.54) is 6.20 Å². The third-order valence-electron chi connectivity index (χ3n) is 0.869. The molecular weight excluding hydrogens is 138 g/mol. The molecule has 0 spiro atoms. The average Bonchev–Trinajstić information content (AvgIpc) is 1.89. The molecule has 0 atom stereocenters. The highest BCUT2D eigenvalue weighted by atomic mass is 35.5. The van der Waals surface area contributed by atoms with Crippen molar-refractivity contribution in [1.29, 1.82) is 0 Å². The zero-order chi connectivity index (χ0) is 6.69. The van der Waals surface area contributed by atoms with Gasteiger partial charge in [-0.05, 0) is 12.1 Å². The molecule has 0 amide bonds. The highest BCUT2D eigenvalue weighted by molar-refractivity contribution is 6.31. The summed E-state index contributed by atoms with van der Waals surface area (Å²) in [5.74, 6) is 0. The van der Waals surface area contributed by atoms with E-state index in [0.29, 0.717) is 5.56 Å². The van der Waals surface area contributed by atoms with Gasteiger partial charge in [-0.3, -0.25) is 4.79 Å². The van der Waals surface area contributed by atoms with E-state index < -0.39 is 0 Å². The quantitative estimate of drug-likeness (QED) is 0.549. The number of aromatic nitrogens is 1. The summed E-state index contributed by atoms with van der Waals surface area (Å²) >= 11 is 5.45. The molecule has 3 heteroatoms. The van der Waals surface area contributed by atoms with Crippen LogP contribution in [0.3, 0.4) is 0 Å². The minimum Gasteiger partial charge on any atom is -0.285 e. The molecule has 0 aliphatic carbocycles. The average molecular weight is 141 g/mol. The summed E-state index contributed by atoms with van der Waals surface area (Å²) < 4.78 is 0. The Morgan fingerprint density at radius 2 is 2.44 bits per heavy atom. The summed E-state index contributed by atoms with van der Waals surface area (Å²) in [5, 5.41) is 0.201. The lowest BCUT2D eigenvalue weighted by Crippen LogP contribution is -1.82. The molecule has 0 unspecified atom stereocenters. The van der Waals surface area contributed by atoms with Gasteiger partial charge in [-0.25, -0.2) is 4.98 Å². The molecule has 1 rings (SSSR count). The third-order valence-corrected chi connectivity index (χ3v) is 1.17. The molecule has 0 fully saturated rings. The summed E-state index contributed by atoms with van der Waals surface area (Å²) in [6.07, 6.45) is 3.17. The van der Waals surface area contributed by atoms with Crippen LogP contribution in [0.5, 0.6) is 0 Å². The molecule has 2 nitrogen and oxygen atoms in total. The molecule has 0 aliphatic rings. The lowest BCUT2D eigenvalue weighted by Gasteiger charge is -1.88. The Hall–Kier alpha value is -0.890. The van der Waals surface area contributed by atoms with Crippen molar-refractivity contribution in [2.75, 3.05) is 0 Å². The molecule has 0 N–H and O–H groups in total. The molecule has 0 aliphatic heterocycles. The van der Waals surface area contributed by atoms with Gasteiger partial charge >= 0.3 is 0 Å². The molecule has 1 heterocycles. The van der Waals surface area contributed by atoms with Crippen LogP contribution >= 0.6 is 11.6 Å². The number of rotatable bonds is 1. The summed E-state index contributed by atoms with van der Waals surface area (Å²) in [4.78, 5) is 13.6. The van der Waals surface area contributed by atoms with Crippen molar-refractivity contribution in [1.82, 2.24) is 4.98 Å². The highest BCUT2D eigenvalue weighted by Crippen LogP contribution is 2.07. The summed E-state index contributed by atoms with van der Waals surface area (Å²) in [5.41, 5.74) is 0.305. The fraction of sp³-hybridized carbons (Fsp3) is 0. The molecule has 45 valence electrons. The predicted molar refractivity (Wildman–Crippen MR) is 34.0 cm³/mol. The van der Waals surface area contributed by atoms with Gasteiger partial charge in [0.05, 0.1) is 5.56 Å². The summed E-state index contributed by atoms with van der Waals surface area (Å²) in [7, 11) is 0. The standard InChI is InChI=1S/C6H3ClNO/c7-6-5(4-9)2-1-3-8-6/h1-3H. The van der Waals surface area contributed by atoms with E-state index in [0.717, 1.165) is 0 Å². The fourth-order valence-electron chi connectivity index (χ4n) is 0.462. The highest BCUT2D eigenvalue weighted by Gasteiger charge is 1.95. The number of halogens is 1. The lowest BCUT2D eigenvalue weighted by atomic mass is 10.3. The van der Waals surface area contributed by atoms with Gasteiger partial charge in [0.15, 0.2) is 0 Å². The van der Waals surface area contributed by atoms with Crippen molar-refractivity contribution < 1.29 is 4.79 Å². The first-order chi connectivity index (χ1) is 4.34. The molecule has 0 bridgehead atoms. The van der Waals surface area contributed by atoms with Crippen molar-refractivity contribution in [3.05, 3.63) is 29.0 Å². The minimum atomic E-state index is 0.201. The second-order valence-corrected chi connectivity index (χ2v) is 1.80. The largest absolute Gasteiger partial charge is 0.285 e. The van der Waals surface area contributed by atoms with Crippen LogP contribution in [-0.2, 0) is 4.79 Å². The zero-order valence-electron chi connectivity index (χ0n) is 4.47. The maximum Gasteiger partial charge on any atom is 0.236 e. The Bertz CT molecular complexity index is 224. The molecule has 9 heavy (non-hydrogen) atoms.